The Morgan fingerprint density at radius 1 is 1.17 bits per heavy atom. The number of esters is 2. The Morgan fingerprint density at radius 3 is 2.50 bits per heavy atom. The molecule has 0 fully saturated rings. The monoisotopic (exact) mass is 555 g/mol. The summed E-state index contributed by atoms with van der Waals surface area (Å²) in [6.45, 7) is 3.35. The lowest BCUT2D eigenvalue weighted by Crippen LogP contribution is -2.36. The average molecular weight is 557 g/mol. The topological polar surface area (TPSA) is 120 Å². The first-order valence-corrected chi connectivity index (χ1v) is 12.1. The zero-order chi connectivity index (χ0) is 26.6. The standard InChI is InChI=1S/C24H24Cl3N3O6/c1-5-36-24(33)19-18(12-7-6-8-13(26)20(12)27)17(23(32)35-4)11(2)28-21(19)22(34-3)14-9-16(31)30-15(10-25)29-14/h6-9,18,22,28H,5,10H2,1-4H3,(H,29,30,31). The van der Waals surface area contributed by atoms with Gasteiger partial charge in [-0.05, 0) is 25.5 Å². The summed E-state index contributed by atoms with van der Waals surface area (Å²) in [7, 11) is 2.62. The largest absolute Gasteiger partial charge is 0.466 e. The van der Waals surface area contributed by atoms with Crippen molar-refractivity contribution in [2.75, 3.05) is 20.8 Å². The van der Waals surface area contributed by atoms with Crippen LogP contribution in [-0.2, 0) is 29.7 Å². The molecule has 0 aliphatic carbocycles. The molecule has 0 amide bonds. The van der Waals surface area contributed by atoms with E-state index >= 15 is 0 Å². The highest BCUT2D eigenvalue weighted by Crippen LogP contribution is 2.45. The highest BCUT2D eigenvalue weighted by Gasteiger charge is 2.42. The van der Waals surface area contributed by atoms with Gasteiger partial charge in [0.15, 0.2) is 0 Å². The van der Waals surface area contributed by atoms with E-state index in [9.17, 15) is 14.4 Å². The van der Waals surface area contributed by atoms with Gasteiger partial charge in [-0.25, -0.2) is 14.6 Å². The summed E-state index contributed by atoms with van der Waals surface area (Å²) in [4.78, 5) is 45.6. The van der Waals surface area contributed by atoms with E-state index in [-0.39, 0.29) is 50.9 Å². The lowest BCUT2D eigenvalue weighted by molar-refractivity contribution is -0.139. The number of hydrogen-bond acceptors (Lipinski definition) is 8. The van der Waals surface area contributed by atoms with Gasteiger partial charge in [0.05, 0.1) is 58.1 Å². The highest BCUT2D eigenvalue weighted by atomic mass is 35.5. The quantitative estimate of drug-likeness (QED) is 0.368. The second-order valence-corrected chi connectivity index (χ2v) is 8.70. The van der Waals surface area contributed by atoms with Crippen molar-refractivity contribution in [2.24, 2.45) is 0 Å². The molecule has 2 N–H and O–H groups in total. The number of rotatable bonds is 8. The molecule has 1 aliphatic heterocycles. The van der Waals surface area contributed by atoms with Crippen molar-refractivity contribution in [3.8, 4) is 0 Å². The van der Waals surface area contributed by atoms with Crippen molar-refractivity contribution in [1.29, 1.82) is 0 Å². The predicted octanol–water partition coefficient (Wildman–Crippen LogP) is 4.15. The molecule has 12 heteroatoms. The van der Waals surface area contributed by atoms with E-state index in [2.05, 4.69) is 15.3 Å². The normalized spacial score (nSPS) is 16.5. The van der Waals surface area contributed by atoms with Crippen molar-refractivity contribution in [2.45, 2.75) is 31.7 Å². The maximum atomic E-state index is 13.5. The van der Waals surface area contributed by atoms with Gasteiger partial charge >= 0.3 is 11.9 Å². The van der Waals surface area contributed by atoms with Crippen molar-refractivity contribution >= 4 is 46.7 Å². The third-order valence-corrected chi connectivity index (χ3v) is 6.58. The number of H-pyrrole nitrogens is 1. The number of hydrogen-bond donors (Lipinski definition) is 2. The number of aromatic nitrogens is 2. The summed E-state index contributed by atoms with van der Waals surface area (Å²) in [5.41, 5.74) is 0.838. The Morgan fingerprint density at radius 2 is 1.89 bits per heavy atom. The molecule has 9 nitrogen and oxygen atoms in total. The molecule has 0 radical (unpaired) electrons. The van der Waals surface area contributed by atoms with Crippen LogP contribution in [0.5, 0.6) is 0 Å². The molecular weight excluding hydrogens is 533 g/mol. The fraction of sp³-hybridized carbons (Fsp3) is 0.333. The number of benzene rings is 1. The fourth-order valence-electron chi connectivity index (χ4n) is 4.04. The van der Waals surface area contributed by atoms with Gasteiger partial charge in [0.1, 0.15) is 11.9 Å². The molecule has 1 aliphatic rings. The molecule has 1 aromatic heterocycles. The van der Waals surface area contributed by atoms with Crippen molar-refractivity contribution in [1.82, 2.24) is 15.3 Å². The third-order valence-electron chi connectivity index (χ3n) is 5.49. The number of allylic oxidation sites excluding steroid dienone is 1. The highest BCUT2D eigenvalue weighted by molar-refractivity contribution is 6.42. The second-order valence-electron chi connectivity index (χ2n) is 7.65. The number of carbonyl (C=O) groups excluding carboxylic acids is 2. The fourth-order valence-corrected chi connectivity index (χ4v) is 4.59. The van der Waals surface area contributed by atoms with Crippen LogP contribution >= 0.6 is 34.8 Å². The summed E-state index contributed by atoms with van der Waals surface area (Å²) in [6.07, 6.45) is -1.04. The van der Waals surface area contributed by atoms with Gasteiger partial charge in [0.2, 0.25) is 0 Å². The Balaban J connectivity index is 2.39. The molecule has 2 heterocycles. The van der Waals surface area contributed by atoms with E-state index in [4.69, 9.17) is 49.0 Å². The molecule has 192 valence electrons. The van der Waals surface area contributed by atoms with Gasteiger partial charge < -0.3 is 24.5 Å². The SMILES string of the molecule is CCOC(=O)C1=C(C(OC)c2cc(=O)[nH]c(CCl)n2)NC(C)=C(C(=O)OC)C1c1cccc(Cl)c1Cl. The van der Waals surface area contributed by atoms with Crippen LogP contribution in [0.1, 0.15) is 43.0 Å². The first kappa shape index (κ1) is 27.7. The summed E-state index contributed by atoms with van der Waals surface area (Å²) in [5.74, 6) is -2.30. The third kappa shape index (κ3) is 5.44. The zero-order valence-electron chi connectivity index (χ0n) is 19.9. The molecular formula is C24H24Cl3N3O6. The molecule has 2 atom stereocenters. The van der Waals surface area contributed by atoms with Crippen LogP contribution in [0.25, 0.3) is 0 Å². The lowest BCUT2D eigenvalue weighted by Gasteiger charge is -2.34. The number of methoxy groups -OCH3 is 2. The Kier molecular flexibility index (Phi) is 9.19. The van der Waals surface area contributed by atoms with E-state index in [1.807, 2.05) is 0 Å². The van der Waals surface area contributed by atoms with E-state index in [1.54, 1.807) is 32.0 Å². The first-order chi connectivity index (χ1) is 17.2. The van der Waals surface area contributed by atoms with Gasteiger partial charge in [0.25, 0.3) is 5.56 Å². The van der Waals surface area contributed by atoms with Gasteiger partial charge in [-0.3, -0.25) is 4.79 Å². The van der Waals surface area contributed by atoms with Gasteiger partial charge in [0, 0.05) is 18.9 Å². The minimum atomic E-state index is -1.04. The molecule has 2 unspecified atom stereocenters. The number of dihydropyridines is 1. The van der Waals surface area contributed by atoms with Crippen molar-refractivity contribution in [3.63, 3.8) is 0 Å². The van der Waals surface area contributed by atoms with Crippen LogP contribution in [0.15, 0.2) is 51.6 Å². The van der Waals surface area contributed by atoms with E-state index in [0.717, 1.165) is 0 Å². The smallest absolute Gasteiger partial charge is 0.336 e. The Bertz CT molecular complexity index is 1300. The maximum absolute atomic E-state index is 13.5. The van der Waals surface area contributed by atoms with Gasteiger partial charge in [-0.1, -0.05) is 35.3 Å². The van der Waals surface area contributed by atoms with Crippen LogP contribution in [-0.4, -0.2) is 42.7 Å². The number of alkyl halides is 1. The predicted molar refractivity (Wildman–Crippen MR) is 135 cm³/mol. The molecule has 2 aromatic rings. The Labute approximate surface area is 222 Å². The number of aromatic amines is 1. The number of halogens is 3. The van der Waals surface area contributed by atoms with Crippen molar-refractivity contribution < 1.29 is 23.8 Å². The van der Waals surface area contributed by atoms with Crippen LogP contribution in [0, 0.1) is 0 Å². The second kappa shape index (κ2) is 11.9. The van der Waals surface area contributed by atoms with E-state index < -0.39 is 29.5 Å². The summed E-state index contributed by atoms with van der Waals surface area (Å²) < 4.78 is 16.1. The Hall–Kier alpha value is -2.85. The van der Waals surface area contributed by atoms with E-state index in [1.165, 1.54) is 20.3 Å². The number of ether oxygens (including phenoxy) is 3. The molecule has 1 aromatic carbocycles. The van der Waals surface area contributed by atoms with Gasteiger partial charge in [-0.2, -0.15) is 0 Å². The number of nitrogens with one attached hydrogen (secondary N) is 2. The molecule has 3 rings (SSSR count). The lowest BCUT2D eigenvalue weighted by atomic mass is 9.79. The van der Waals surface area contributed by atoms with Crippen LogP contribution in [0.2, 0.25) is 10.0 Å². The average Bonchev–Trinajstić information content (AvgIpc) is 2.85. The summed E-state index contributed by atoms with van der Waals surface area (Å²) >= 11 is 18.8. The number of carbonyl (C=O) groups is 2. The maximum Gasteiger partial charge on any atom is 0.336 e. The molecule has 36 heavy (non-hydrogen) atoms. The summed E-state index contributed by atoms with van der Waals surface area (Å²) in [6, 6.07) is 6.12. The van der Waals surface area contributed by atoms with Crippen LogP contribution in [0.3, 0.4) is 0 Å². The minimum absolute atomic E-state index is 0.0216. The minimum Gasteiger partial charge on any atom is -0.466 e. The van der Waals surface area contributed by atoms with Crippen molar-refractivity contribution in [3.05, 3.63) is 84.3 Å². The molecule has 0 spiro atoms. The number of nitrogens with zero attached hydrogens (tertiary/aromatic N) is 1. The van der Waals surface area contributed by atoms with Crippen LogP contribution in [0.4, 0.5) is 0 Å². The summed E-state index contributed by atoms with van der Waals surface area (Å²) in [5, 5.41) is 3.46. The van der Waals surface area contributed by atoms with E-state index in [0.29, 0.717) is 11.3 Å². The molecule has 0 bridgehead atoms. The first-order valence-electron chi connectivity index (χ1n) is 10.8. The molecule has 0 saturated heterocycles. The molecule has 0 saturated carbocycles. The zero-order valence-corrected chi connectivity index (χ0v) is 22.2. The van der Waals surface area contributed by atoms with Crippen LogP contribution < -0.4 is 10.9 Å². The van der Waals surface area contributed by atoms with Gasteiger partial charge in [-0.15, -0.1) is 11.6 Å².